The van der Waals surface area contributed by atoms with Crippen LogP contribution in [0.25, 0.3) is 22.9 Å². The summed E-state index contributed by atoms with van der Waals surface area (Å²) in [6.45, 7) is 4.10. The van der Waals surface area contributed by atoms with Gasteiger partial charge in [-0.2, -0.15) is 0 Å². The van der Waals surface area contributed by atoms with Gasteiger partial charge in [0.15, 0.2) is 0 Å². The normalized spacial score (nSPS) is 11.1. The van der Waals surface area contributed by atoms with Crippen molar-refractivity contribution in [3.8, 4) is 22.9 Å². The Morgan fingerprint density at radius 2 is 1.03 bits per heavy atom. The average Bonchev–Trinajstić information content (AvgIpc) is 3.53. The van der Waals surface area contributed by atoms with E-state index in [2.05, 4.69) is 58.5 Å². The van der Waals surface area contributed by atoms with E-state index in [4.69, 9.17) is 8.83 Å². The molecule has 34 heavy (non-hydrogen) atoms. The third-order valence-corrected chi connectivity index (χ3v) is 6.91. The number of rotatable bonds is 8. The predicted octanol–water partition coefficient (Wildman–Crippen LogP) is 6.99. The minimum atomic E-state index is 0.539. The van der Waals surface area contributed by atoms with Crippen LogP contribution in [-0.2, 0) is 11.5 Å². The molecule has 8 heteroatoms. The number of aryl methyl sites for hydroxylation is 2. The van der Waals surface area contributed by atoms with Gasteiger partial charge in [-0.25, -0.2) is 0 Å². The van der Waals surface area contributed by atoms with Gasteiger partial charge in [0.25, 0.3) is 10.4 Å². The Kier molecular flexibility index (Phi) is 6.78. The summed E-state index contributed by atoms with van der Waals surface area (Å²) in [5.74, 6) is 2.56. The summed E-state index contributed by atoms with van der Waals surface area (Å²) in [4.78, 5) is 0. The molecule has 2 heterocycles. The molecule has 0 atom stereocenters. The molecule has 5 rings (SSSR count). The largest absolute Gasteiger partial charge is 0.411 e. The molecule has 0 aliphatic rings. The van der Waals surface area contributed by atoms with Crippen molar-refractivity contribution in [2.75, 3.05) is 0 Å². The van der Waals surface area contributed by atoms with Gasteiger partial charge < -0.3 is 8.83 Å². The van der Waals surface area contributed by atoms with Gasteiger partial charge in [-0.3, -0.25) is 0 Å². The first-order valence-corrected chi connectivity index (χ1v) is 12.7. The van der Waals surface area contributed by atoms with Crippen LogP contribution in [0.15, 0.2) is 92.1 Å². The highest BCUT2D eigenvalue weighted by Gasteiger charge is 2.11. The summed E-state index contributed by atoms with van der Waals surface area (Å²) >= 11 is 3.06. The van der Waals surface area contributed by atoms with E-state index in [-0.39, 0.29) is 0 Å². The van der Waals surface area contributed by atoms with Gasteiger partial charge in [0.2, 0.25) is 11.8 Å². The van der Waals surface area contributed by atoms with Crippen molar-refractivity contribution in [1.29, 1.82) is 0 Å². The Bertz CT molecular complexity index is 1280. The lowest BCUT2D eigenvalue weighted by atomic mass is 10.1. The Morgan fingerprint density at radius 1 is 0.588 bits per heavy atom. The highest BCUT2D eigenvalue weighted by molar-refractivity contribution is 7.98. The third kappa shape index (κ3) is 5.58. The van der Waals surface area contributed by atoms with Crippen molar-refractivity contribution in [3.05, 3.63) is 95.1 Å². The summed E-state index contributed by atoms with van der Waals surface area (Å²) in [6.07, 6.45) is 0. The van der Waals surface area contributed by atoms with E-state index < -0.39 is 0 Å². The summed E-state index contributed by atoms with van der Waals surface area (Å²) in [7, 11) is 0. The zero-order valence-corrected chi connectivity index (χ0v) is 20.4. The molecule has 0 saturated heterocycles. The number of benzene rings is 3. The summed E-state index contributed by atoms with van der Waals surface area (Å²) in [5, 5.41) is 17.8. The van der Waals surface area contributed by atoms with E-state index >= 15 is 0 Å². The van der Waals surface area contributed by atoms with Crippen LogP contribution in [0, 0.1) is 13.8 Å². The predicted molar refractivity (Wildman–Crippen MR) is 135 cm³/mol. The first-order chi connectivity index (χ1) is 16.6. The Labute approximate surface area is 206 Å². The second-order valence-corrected chi connectivity index (χ2v) is 9.73. The Balaban J connectivity index is 1.17. The smallest absolute Gasteiger partial charge is 0.277 e. The molecule has 5 aromatic rings. The van der Waals surface area contributed by atoms with E-state index in [9.17, 15) is 0 Å². The van der Waals surface area contributed by atoms with Crippen LogP contribution >= 0.6 is 23.5 Å². The van der Waals surface area contributed by atoms with Gasteiger partial charge in [0.1, 0.15) is 0 Å². The molecule has 0 bridgehead atoms. The minimum Gasteiger partial charge on any atom is -0.411 e. The van der Waals surface area contributed by atoms with Gasteiger partial charge in [-0.15, -0.1) is 20.4 Å². The van der Waals surface area contributed by atoms with Crippen molar-refractivity contribution in [2.24, 2.45) is 0 Å². The van der Waals surface area contributed by atoms with E-state index in [0.29, 0.717) is 22.2 Å². The zero-order valence-electron chi connectivity index (χ0n) is 18.8. The average molecular weight is 487 g/mol. The molecule has 2 aromatic heterocycles. The molecule has 0 unspecified atom stereocenters. The minimum absolute atomic E-state index is 0.539. The van der Waals surface area contributed by atoms with Crippen LogP contribution in [0.3, 0.4) is 0 Å². The lowest BCUT2D eigenvalue weighted by Crippen LogP contribution is -1.86. The van der Waals surface area contributed by atoms with Gasteiger partial charge >= 0.3 is 0 Å². The number of hydrogen-bond acceptors (Lipinski definition) is 8. The molecule has 170 valence electrons. The van der Waals surface area contributed by atoms with Gasteiger partial charge in [0.05, 0.1) is 0 Å². The van der Waals surface area contributed by atoms with Crippen LogP contribution in [0.4, 0.5) is 0 Å². The molecular weight excluding hydrogens is 464 g/mol. The SMILES string of the molecule is Cc1ccc(-c2nnc(SCc3cccc(CSc4nnc(-c5ccc(C)cc5)o4)c3)o2)cc1. The summed E-state index contributed by atoms with van der Waals surface area (Å²) < 4.78 is 11.6. The molecule has 0 spiro atoms. The molecule has 0 radical (unpaired) electrons. The van der Waals surface area contributed by atoms with Gasteiger partial charge in [0, 0.05) is 22.6 Å². The van der Waals surface area contributed by atoms with Gasteiger partial charge in [-0.05, 0) is 49.2 Å². The van der Waals surface area contributed by atoms with Gasteiger partial charge in [-0.1, -0.05) is 83.2 Å². The summed E-state index contributed by atoms with van der Waals surface area (Å²) in [6, 6.07) is 24.5. The third-order valence-electron chi connectivity index (χ3n) is 5.13. The monoisotopic (exact) mass is 486 g/mol. The fraction of sp³-hybridized carbons (Fsp3) is 0.154. The van der Waals surface area contributed by atoms with Crippen molar-refractivity contribution in [2.45, 2.75) is 35.8 Å². The fourth-order valence-electron chi connectivity index (χ4n) is 3.26. The highest BCUT2D eigenvalue weighted by atomic mass is 32.2. The maximum Gasteiger partial charge on any atom is 0.277 e. The maximum absolute atomic E-state index is 5.82. The molecule has 0 amide bonds. The van der Waals surface area contributed by atoms with Crippen molar-refractivity contribution < 1.29 is 8.83 Å². The maximum atomic E-state index is 5.82. The first kappa shape index (κ1) is 22.4. The van der Waals surface area contributed by atoms with Crippen LogP contribution in [0.2, 0.25) is 0 Å². The zero-order chi connectivity index (χ0) is 23.3. The van der Waals surface area contributed by atoms with Crippen molar-refractivity contribution in [3.63, 3.8) is 0 Å². The highest BCUT2D eigenvalue weighted by Crippen LogP contribution is 2.28. The first-order valence-electron chi connectivity index (χ1n) is 10.8. The van der Waals surface area contributed by atoms with Crippen LogP contribution in [0.5, 0.6) is 0 Å². The molecule has 3 aromatic carbocycles. The molecule has 6 nitrogen and oxygen atoms in total. The second-order valence-electron chi connectivity index (χ2n) is 7.88. The molecular formula is C26H22N4O2S2. The van der Waals surface area contributed by atoms with E-state index in [1.165, 1.54) is 45.8 Å². The molecule has 0 saturated carbocycles. The van der Waals surface area contributed by atoms with Crippen LogP contribution in [-0.4, -0.2) is 20.4 Å². The quantitative estimate of drug-likeness (QED) is 0.217. The Morgan fingerprint density at radius 3 is 1.47 bits per heavy atom. The standard InChI is InChI=1S/C26H22N4O2S2/c1-17-6-10-21(11-7-17)23-27-29-25(31-23)33-15-19-4-3-5-20(14-19)16-34-26-30-28-24(32-26)22-12-8-18(2)9-13-22/h3-14H,15-16H2,1-2H3. The molecule has 0 N–H and O–H groups in total. The van der Waals surface area contributed by atoms with Crippen LogP contribution < -0.4 is 0 Å². The molecule has 0 fully saturated rings. The Hall–Kier alpha value is -3.36. The van der Waals surface area contributed by atoms with Crippen molar-refractivity contribution in [1.82, 2.24) is 20.4 Å². The number of hydrogen-bond donors (Lipinski definition) is 0. The topological polar surface area (TPSA) is 77.8 Å². The molecule has 0 aliphatic heterocycles. The number of aromatic nitrogens is 4. The van der Waals surface area contributed by atoms with E-state index in [1.54, 1.807) is 0 Å². The second kappa shape index (κ2) is 10.3. The molecule has 0 aliphatic carbocycles. The van der Waals surface area contributed by atoms with Crippen LogP contribution in [0.1, 0.15) is 22.3 Å². The lowest BCUT2D eigenvalue weighted by molar-refractivity contribution is 0.465. The fourth-order valence-corrected chi connectivity index (χ4v) is 4.67. The van der Waals surface area contributed by atoms with Crippen molar-refractivity contribution >= 4 is 23.5 Å². The summed E-state index contributed by atoms with van der Waals surface area (Å²) in [5.41, 5.74) is 6.61. The number of nitrogens with zero attached hydrogens (tertiary/aromatic N) is 4. The number of thioether (sulfide) groups is 2. The van der Waals surface area contributed by atoms with E-state index in [0.717, 1.165) is 22.6 Å². The van der Waals surface area contributed by atoms with E-state index in [1.807, 2.05) is 48.5 Å². The lowest BCUT2D eigenvalue weighted by Gasteiger charge is -2.03.